The third-order valence-corrected chi connectivity index (χ3v) is 3.91. The molecule has 6 nitrogen and oxygen atoms in total. The molecule has 100 valence electrons. The number of methoxy groups -OCH3 is 1. The molecule has 1 aliphatic rings. The molecule has 18 heavy (non-hydrogen) atoms. The van der Waals surface area contributed by atoms with Gasteiger partial charge < -0.3 is 21.1 Å². The van der Waals surface area contributed by atoms with Crippen molar-refractivity contribution in [2.45, 2.75) is 25.3 Å². The van der Waals surface area contributed by atoms with E-state index in [2.05, 4.69) is 15.6 Å². The Kier molecular flexibility index (Phi) is 4.38. The number of rotatable bonds is 6. The van der Waals surface area contributed by atoms with Gasteiger partial charge in [-0.25, -0.2) is 4.98 Å². The van der Waals surface area contributed by atoms with Crippen LogP contribution in [0.15, 0.2) is 0 Å². The Bertz CT molecular complexity index is 417. The number of aromatic nitrogens is 1. The largest absolute Gasteiger partial charge is 0.383 e. The van der Waals surface area contributed by atoms with Crippen molar-refractivity contribution in [3.63, 3.8) is 0 Å². The van der Waals surface area contributed by atoms with Gasteiger partial charge in [-0.3, -0.25) is 4.79 Å². The first kappa shape index (κ1) is 13.1. The van der Waals surface area contributed by atoms with E-state index in [4.69, 9.17) is 10.5 Å². The summed E-state index contributed by atoms with van der Waals surface area (Å²) in [5, 5.41) is 6.67. The molecule has 4 N–H and O–H groups in total. The van der Waals surface area contributed by atoms with Crippen LogP contribution in [0.4, 0.5) is 10.9 Å². The van der Waals surface area contributed by atoms with Gasteiger partial charge >= 0.3 is 0 Å². The van der Waals surface area contributed by atoms with E-state index in [1.165, 1.54) is 17.8 Å². The molecule has 1 heterocycles. The van der Waals surface area contributed by atoms with E-state index in [0.29, 0.717) is 29.2 Å². The molecule has 7 heteroatoms. The van der Waals surface area contributed by atoms with Crippen LogP contribution in [0.2, 0.25) is 0 Å². The molecular weight excluding hydrogens is 252 g/mol. The van der Waals surface area contributed by atoms with Gasteiger partial charge in [0.25, 0.3) is 5.91 Å². The molecule has 1 aromatic heterocycles. The van der Waals surface area contributed by atoms with Gasteiger partial charge in [-0.1, -0.05) is 11.3 Å². The van der Waals surface area contributed by atoms with Crippen LogP contribution < -0.4 is 16.4 Å². The summed E-state index contributed by atoms with van der Waals surface area (Å²) in [6.45, 7) is 1.23. The smallest absolute Gasteiger partial charge is 0.265 e. The molecule has 1 saturated carbocycles. The van der Waals surface area contributed by atoms with Crippen molar-refractivity contribution >= 4 is 28.2 Å². The van der Waals surface area contributed by atoms with Crippen LogP contribution in [-0.2, 0) is 4.74 Å². The molecule has 1 fully saturated rings. The lowest BCUT2D eigenvalue weighted by atomic mass is 9.93. The van der Waals surface area contributed by atoms with E-state index in [-0.39, 0.29) is 11.7 Å². The predicted molar refractivity (Wildman–Crippen MR) is 72.0 cm³/mol. The first-order valence-electron chi connectivity index (χ1n) is 6.00. The van der Waals surface area contributed by atoms with Gasteiger partial charge in [-0.15, -0.1) is 0 Å². The highest BCUT2D eigenvalue weighted by Crippen LogP contribution is 2.26. The van der Waals surface area contributed by atoms with Gasteiger partial charge in [-0.2, -0.15) is 0 Å². The Morgan fingerprint density at radius 3 is 3.00 bits per heavy atom. The molecule has 0 unspecified atom stereocenters. The van der Waals surface area contributed by atoms with Crippen molar-refractivity contribution in [2.75, 3.05) is 31.3 Å². The van der Waals surface area contributed by atoms with Crippen molar-refractivity contribution in [3.8, 4) is 0 Å². The maximum absolute atomic E-state index is 11.9. The van der Waals surface area contributed by atoms with Crippen LogP contribution in [0.5, 0.6) is 0 Å². The van der Waals surface area contributed by atoms with Crippen molar-refractivity contribution < 1.29 is 9.53 Å². The summed E-state index contributed by atoms with van der Waals surface area (Å²) in [5.74, 6) is 0.172. The molecule has 0 atom stereocenters. The summed E-state index contributed by atoms with van der Waals surface area (Å²) in [5.41, 5.74) is 5.75. The zero-order valence-electron chi connectivity index (χ0n) is 10.4. The second-order valence-electron chi connectivity index (χ2n) is 4.25. The number of hydrogen-bond acceptors (Lipinski definition) is 6. The zero-order valence-corrected chi connectivity index (χ0v) is 11.2. The lowest BCUT2D eigenvalue weighted by Crippen LogP contribution is -2.39. The molecule has 0 spiro atoms. The Balaban J connectivity index is 1.92. The lowest BCUT2D eigenvalue weighted by molar-refractivity contribution is 0.0922. The highest BCUT2D eigenvalue weighted by Gasteiger charge is 2.23. The monoisotopic (exact) mass is 270 g/mol. The molecule has 2 rings (SSSR count). The van der Waals surface area contributed by atoms with Crippen LogP contribution in [-0.4, -0.2) is 37.2 Å². The molecule has 1 aliphatic carbocycles. The summed E-state index contributed by atoms with van der Waals surface area (Å²) in [4.78, 5) is 16.6. The number of amides is 1. The molecule has 0 aromatic carbocycles. The van der Waals surface area contributed by atoms with Crippen molar-refractivity contribution in [3.05, 3.63) is 4.88 Å². The molecule has 0 radical (unpaired) electrons. The molecule has 0 aliphatic heterocycles. The maximum Gasteiger partial charge on any atom is 0.265 e. The molecule has 1 aromatic rings. The highest BCUT2D eigenvalue weighted by atomic mass is 32.1. The minimum atomic E-state index is -0.116. The van der Waals surface area contributed by atoms with E-state index in [0.717, 1.165) is 12.8 Å². The van der Waals surface area contributed by atoms with Gasteiger partial charge in [0.2, 0.25) is 0 Å². The average Bonchev–Trinajstić information content (AvgIpc) is 2.65. The van der Waals surface area contributed by atoms with Gasteiger partial charge in [-0.05, 0) is 19.3 Å². The molecule has 1 amide bonds. The summed E-state index contributed by atoms with van der Waals surface area (Å²) >= 11 is 1.28. The zero-order chi connectivity index (χ0) is 13.0. The minimum Gasteiger partial charge on any atom is -0.383 e. The quantitative estimate of drug-likeness (QED) is 0.673. The van der Waals surface area contributed by atoms with Crippen molar-refractivity contribution in [2.24, 2.45) is 0 Å². The number of carbonyl (C=O) groups excluding carboxylic acids is 1. The van der Waals surface area contributed by atoms with E-state index in [9.17, 15) is 4.79 Å². The van der Waals surface area contributed by atoms with Crippen molar-refractivity contribution in [1.29, 1.82) is 0 Å². The number of hydrogen-bond donors (Lipinski definition) is 3. The first-order valence-corrected chi connectivity index (χ1v) is 6.82. The van der Waals surface area contributed by atoms with E-state index < -0.39 is 0 Å². The lowest BCUT2D eigenvalue weighted by Gasteiger charge is -2.25. The number of thiazole rings is 1. The summed E-state index contributed by atoms with van der Waals surface area (Å²) in [6, 6.07) is 0.309. The minimum absolute atomic E-state index is 0.116. The van der Waals surface area contributed by atoms with Crippen LogP contribution in [0.1, 0.15) is 28.9 Å². The van der Waals surface area contributed by atoms with E-state index in [1.54, 1.807) is 7.11 Å². The number of anilines is 2. The number of nitrogens with zero attached hydrogens (tertiary/aromatic N) is 1. The summed E-state index contributed by atoms with van der Waals surface area (Å²) < 4.78 is 4.93. The second kappa shape index (κ2) is 6.01. The molecule has 0 saturated heterocycles. The fraction of sp³-hybridized carbons (Fsp3) is 0.636. The second-order valence-corrected chi connectivity index (χ2v) is 5.25. The number of nitrogens with two attached hydrogens (primary N) is 1. The Labute approximate surface area is 110 Å². The Morgan fingerprint density at radius 2 is 2.39 bits per heavy atom. The normalized spacial score (nSPS) is 15.2. The predicted octanol–water partition coefficient (Wildman–Crippen LogP) is 1.07. The third kappa shape index (κ3) is 3.11. The molecule has 0 bridgehead atoms. The van der Waals surface area contributed by atoms with E-state index in [1.807, 2.05) is 0 Å². The standard InChI is InChI=1S/C11H18N4O2S/c1-17-6-5-13-11-15-9(12)8(18-11)10(16)14-7-3-2-4-7/h7H,2-6,12H2,1H3,(H,13,15)(H,14,16). The summed E-state index contributed by atoms with van der Waals surface area (Å²) in [7, 11) is 1.63. The van der Waals surface area contributed by atoms with Gasteiger partial charge in [0.1, 0.15) is 10.7 Å². The van der Waals surface area contributed by atoms with Crippen LogP contribution in [0.3, 0.4) is 0 Å². The number of nitrogens with one attached hydrogen (secondary N) is 2. The number of nitrogen functional groups attached to an aromatic ring is 1. The third-order valence-electron chi connectivity index (χ3n) is 2.88. The van der Waals surface area contributed by atoms with E-state index >= 15 is 0 Å². The van der Waals surface area contributed by atoms with Gasteiger partial charge in [0.05, 0.1) is 6.61 Å². The summed E-state index contributed by atoms with van der Waals surface area (Å²) in [6.07, 6.45) is 3.31. The van der Waals surface area contributed by atoms with Crippen LogP contribution >= 0.6 is 11.3 Å². The number of carbonyl (C=O) groups is 1. The van der Waals surface area contributed by atoms with Crippen LogP contribution in [0.25, 0.3) is 0 Å². The van der Waals surface area contributed by atoms with Crippen molar-refractivity contribution in [1.82, 2.24) is 10.3 Å². The van der Waals surface area contributed by atoms with Crippen LogP contribution in [0, 0.1) is 0 Å². The molecular formula is C11H18N4O2S. The fourth-order valence-electron chi connectivity index (χ4n) is 1.63. The highest BCUT2D eigenvalue weighted by molar-refractivity contribution is 7.18. The van der Waals surface area contributed by atoms with Gasteiger partial charge in [0.15, 0.2) is 5.13 Å². The fourth-order valence-corrected chi connectivity index (χ4v) is 2.45. The maximum atomic E-state index is 11.9. The van der Waals surface area contributed by atoms with Gasteiger partial charge in [0, 0.05) is 19.7 Å². The first-order chi connectivity index (χ1) is 8.70. The average molecular weight is 270 g/mol. The Morgan fingerprint density at radius 1 is 1.61 bits per heavy atom. The SMILES string of the molecule is COCCNc1nc(N)c(C(=O)NC2CCC2)s1. The number of ether oxygens (including phenoxy) is 1. The Hall–Kier alpha value is -1.34. The topological polar surface area (TPSA) is 89.3 Å².